The zero-order valence-electron chi connectivity index (χ0n) is 14.8. The summed E-state index contributed by atoms with van der Waals surface area (Å²) in [5.74, 6) is 0.652. The Bertz CT molecular complexity index is 884. The van der Waals surface area contributed by atoms with Crippen molar-refractivity contribution >= 4 is 16.9 Å². The molecule has 0 spiro atoms. The lowest BCUT2D eigenvalue weighted by Gasteiger charge is -2.11. The number of rotatable bonds is 6. The molecule has 5 nitrogen and oxygen atoms in total. The average Bonchev–Trinajstić information content (AvgIpc) is 3.04. The van der Waals surface area contributed by atoms with E-state index in [0.717, 1.165) is 29.4 Å². The highest BCUT2D eigenvalue weighted by Crippen LogP contribution is 2.30. The number of H-pyrrole nitrogens is 1. The van der Waals surface area contributed by atoms with Gasteiger partial charge in [-0.05, 0) is 29.8 Å². The Labute approximate surface area is 147 Å². The van der Waals surface area contributed by atoms with Gasteiger partial charge in [-0.2, -0.15) is 0 Å². The normalized spacial score (nSPS) is 11.0. The van der Waals surface area contributed by atoms with Crippen LogP contribution in [0.1, 0.15) is 15.9 Å². The van der Waals surface area contributed by atoms with E-state index in [4.69, 9.17) is 9.47 Å². The van der Waals surface area contributed by atoms with Crippen LogP contribution in [0.2, 0.25) is 0 Å². The highest BCUT2D eigenvalue weighted by atomic mass is 16.5. The van der Waals surface area contributed by atoms with Crippen LogP contribution < -0.4 is 14.4 Å². The number of quaternary nitrogens is 1. The molecular weight excluding hydrogens is 316 g/mol. The van der Waals surface area contributed by atoms with E-state index in [2.05, 4.69) is 19.1 Å². The molecule has 0 bridgehead atoms. The van der Waals surface area contributed by atoms with Gasteiger partial charge in [-0.1, -0.05) is 18.2 Å². The van der Waals surface area contributed by atoms with Gasteiger partial charge in [0.25, 0.3) is 0 Å². The molecule has 0 saturated carbocycles. The molecule has 2 N–H and O–H groups in total. The van der Waals surface area contributed by atoms with Crippen LogP contribution in [0.15, 0.2) is 48.7 Å². The van der Waals surface area contributed by atoms with Crippen LogP contribution in [0.25, 0.3) is 10.9 Å². The Morgan fingerprint density at radius 3 is 2.60 bits per heavy atom. The lowest BCUT2D eigenvalue weighted by atomic mass is 10.1. The molecule has 25 heavy (non-hydrogen) atoms. The van der Waals surface area contributed by atoms with Crippen LogP contribution in [-0.2, 0) is 6.42 Å². The van der Waals surface area contributed by atoms with E-state index in [1.54, 1.807) is 25.3 Å². The number of para-hydroxylation sites is 1. The van der Waals surface area contributed by atoms with E-state index in [1.807, 2.05) is 30.5 Å². The maximum Gasteiger partial charge on any atom is 0.347 e. The molecule has 3 rings (SSSR count). The van der Waals surface area contributed by atoms with Gasteiger partial charge in [0.1, 0.15) is 17.1 Å². The van der Waals surface area contributed by atoms with E-state index in [-0.39, 0.29) is 0 Å². The van der Waals surface area contributed by atoms with Gasteiger partial charge in [0.15, 0.2) is 0 Å². The Morgan fingerprint density at radius 2 is 1.84 bits per heavy atom. The summed E-state index contributed by atoms with van der Waals surface area (Å²) in [6, 6.07) is 12.8. The number of carbonyl (C=O) groups excluding carboxylic acids is 1. The minimum Gasteiger partial charge on any atom is -0.496 e. The first-order valence-electron chi connectivity index (χ1n) is 8.33. The highest BCUT2D eigenvalue weighted by Gasteiger charge is 2.17. The van der Waals surface area contributed by atoms with Gasteiger partial charge in [0.05, 0.1) is 27.7 Å². The molecule has 0 atom stereocenters. The fourth-order valence-corrected chi connectivity index (χ4v) is 2.85. The summed E-state index contributed by atoms with van der Waals surface area (Å²) in [4.78, 5) is 17.3. The summed E-state index contributed by atoms with van der Waals surface area (Å²) in [7, 11) is 5.79. The van der Waals surface area contributed by atoms with Gasteiger partial charge >= 0.3 is 5.97 Å². The van der Waals surface area contributed by atoms with Crippen molar-refractivity contribution in [3.05, 3.63) is 59.8 Å². The van der Waals surface area contributed by atoms with Gasteiger partial charge in [-0.25, -0.2) is 4.79 Å². The van der Waals surface area contributed by atoms with Gasteiger partial charge < -0.3 is 19.4 Å². The Kier molecular flexibility index (Phi) is 5.05. The summed E-state index contributed by atoms with van der Waals surface area (Å²) in [5, 5.41) is 0.965. The van der Waals surface area contributed by atoms with Crippen molar-refractivity contribution < 1.29 is 19.2 Å². The number of ether oxygens (including phenoxy) is 2. The average molecular weight is 339 g/mol. The first-order valence-corrected chi connectivity index (χ1v) is 8.33. The SMILES string of the molecule is COc1ccccc1C(=O)Oc1cccc2[nH]cc(CC[NH+](C)C)c12. The third-order valence-electron chi connectivity index (χ3n) is 4.17. The Hall–Kier alpha value is -2.79. The number of carbonyl (C=O) groups is 1. The van der Waals surface area contributed by atoms with Crippen LogP contribution in [0.4, 0.5) is 0 Å². The molecule has 0 amide bonds. The van der Waals surface area contributed by atoms with E-state index in [1.165, 1.54) is 4.90 Å². The first-order chi connectivity index (χ1) is 12.1. The van der Waals surface area contributed by atoms with Crippen molar-refractivity contribution in [2.45, 2.75) is 6.42 Å². The Balaban J connectivity index is 1.93. The van der Waals surface area contributed by atoms with E-state index >= 15 is 0 Å². The third kappa shape index (κ3) is 3.67. The summed E-state index contributed by atoms with van der Waals surface area (Å²) < 4.78 is 11.0. The number of likely N-dealkylation sites (N-methyl/N-ethyl adjacent to an activating group) is 1. The van der Waals surface area contributed by atoms with Crippen molar-refractivity contribution in [2.75, 3.05) is 27.7 Å². The summed E-state index contributed by atoms with van der Waals surface area (Å²) in [6.07, 6.45) is 2.90. The number of nitrogens with one attached hydrogen (secondary N) is 2. The molecule has 0 aliphatic heterocycles. The molecule has 0 aliphatic carbocycles. The second-order valence-corrected chi connectivity index (χ2v) is 6.29. The standard InChI is InChI=1S/C20H22N2O3/c1-22(2)12-11-14-13-21-16-8-6-10-18(19(14)16)25-20(23)15-7-4-5-9-17(15)24-3/h4-10,13,21H,11-12H2,1-3H3/p+1. The monoisotopic (exact) mass is 339 g/mol. The number of esters is 1. The molecular formula is C20H23N2O3+. The third-order valence-corrected chi connectivity index (χ3v) is 4.17. The maximum absolute atomic E-state index is 12.6. The van der Waals surface area contributed by atoms with Gasteiger partial charge in [0.2, 0.25) is 0 Å². The molecule has 3 aromatic rings. The minimum absolute atomic E-state index is 0.414. The van der Waals surface area contributed by atoms with Crippen LogP contribution >= 0.6 is 0 Å². The number of aromatic nitrogens is 1. The van der Waals surface area contributed by atoms with E-state index < -0.39 is 5.97 Å². The number of hydrogen-bond donors (Lipinski definition) is 2. The molecule has 0 unspecified atom stereocenters. The van der Waals surface area contributed by atoms with Crippen molar-refractivity contribution in [2.24, 2.45) is 0 Å². The quantitative estimate of drug-likeness (QED) is 0.534. The van der Waals surface area contributed by atoms with E-state index in [0.29, 0.717) is 17.1 Å². The molecule has 0 saturated heterocycles. The minimum atomic E-state index is -0.421. The summed E-state index contributed by atoms with van der Waals surface area (Å²) in [6.45, 7) is 1.00. The first kappa shape index (κ1) is 17.0. The predicted octanol–water partition coefficient (Wildman–Crippen LogP) is 2.08. The van der Waals surface area contributed by atoms with Crippen LogP contribution in [0, 0.1) is 0 Å². The molecule has 2 aromatic carbocycles. The zero-order chi connectivity index (χ0) is 17.8. The molecule has 5 heteroatoms. The van der Waals surface area contributed by atoms with Crippen LogP contribution in [0.3, 0.4) is 0 Å². The number of fused-ring (bicyclic) bond motifs is 1. The number of aromatic amines is 1. The predicted molar refractivity (Wildman–Crippen MR) is 97.6 cm³/mol. The second-order valence-electron chi connectivity index (χ2n) is 6.29. The van der Waals surface area contributed by atoms with Crippen molar-refractivity contribution in [1.82, 2.24) is 4.98 Å². The van der Waals surface area contributed by atoms with Crippen LogP contribution in [-0.4, -0.2) is 38.7 Å². The highest BCUT2D eigenvalue weighted by molar-refractivity contribution is 5.97. The molecule has 1 aromatic heterocycles. The number of methoxy groups -OCH3 is 1. The number of hydrogen-bond acceptors (Lipinski definition) is 3. The second kappa shape index (κ2) is 7.40. The largest absolute Gasteiger partial charge is 0.496 e. The van der Waals surface area contributed by atoms with Gasteiger partial charge in [0, 0.05) is 23.5 Å². The molecule has 0 radical (unpaired) electrons. The topological polar surface area (TPSA) is 55.8 Å². The fraction of sp³-hybridized carbons (Fsp3) is 0.250. The Morgan fingerprint density at radius 1 is 1.08 bits per heavy atom. The smallest absolute Gasteiger partial charge is 0.347 e. The molecule has 1 heterocycles. The molecule has 130 valence electrons. The van der Waals surface area contributed by atoms with Gasteiger partial charge in [-0.15, -0.1) is 0 Å². The lowest BCUT2D eigenvalue weighted by molar-refractivity contribution is -0.858. The van der Waals surface area contributed by atoms with E-state index in [9.17, 15) is 4.79 Å². The van der Waals surface area contributed by atoms with Gasteiger partial charge in [-0.3, -0.25) is 0 Å². The van der Waals surface area contributed by atoms with Crippen molar-refractivity contribution in [1.29, 1.82) is 0 Å². The summed E-state index contributed by atoms with van der Waals surface area (Å²) >= 11 is 0. The number of benzene rings is 2. The van der Waals surface area contributed by atoms with Crippen LogP contribution in [0.5, 0.6) is 11.5 Å². The fourth-order valence-electron chi connectivity index (χ4n) is 2.85. The van der Waals surface area contributed by atoms with Crippen molar-refractivity contribution in [3.8, 4) is 11.5 Å². The summed E-state index contributed by atoms with van der Waals surface area (Å²) in [5.41, 5.74) is 2.53. The van der Waals surface area contributed by atoms with Crippen molar-refractivity contribution in [3.63, 3.8) is 0 Å². The maximum atomic E-state index is 12.6. The molecule has 0 fully saturated rings. The zero-order valence-corrected chi connectivity index (χ0v) is 14.8. The molecule has 0 aliphatic rings. The lowest BCUT2D eigenvalue weighted by Crippen LogP contribution is -3.05.